The number of piperazine rings is 1. The molecule has 3 aliphatic rings. The van der Waals surface area contributed by atoms with Crippen molar-refractivity contribution in [2.24, 2.45) is 0 Å². The summed E-state index contributed by atoms with van der Waals surface area (Å²) in [5.74, 6) is 0.926. The minimum absolute atomic E-state index is 0.430. The maximum atomic E-state index is 13.1. The first-order valence-corrected chi connectivity index (χ1v) is 13.8. The van der Waals surface area contributed by atoms with Gasteiger partial charge in [0, 0.05) is 72.6 Å². The van der Waals surface area contributed by atoms with Gasteiger partial charge in [-0.25, -0.2) is 14.2 Å². The van der Waals surface area contributed by atoms with E-state index in [9.17, 15) is 14.0 Å². The summed E-state index contributed by atoms with van der Waals surface area (Å²) in [6.07, 6.45) is 10.0. The Hall–Kier alpha value is -4.62. The molecule has 3 saturated heterocycles. The van der Waals surface area contributed by atoms with Gasteiger partial charge < -0.3 is 4.90 Å². The van der Waals surface area contributed by atoms with Crippen LogP contribution < -0.4 is 4.90 Å². The standard InChI is InChI=1S/C31H28F2N8/c1-2-20-4-3-5-21(8-20)15-39-26-10-27(39)19-38(18-26)29-7-6-22(12-35-29)28-9-23(25-14-37-41(17-25)31(32)33)16-40-30(28)24(11-34)13-36-40/h3-9,12-14,16-17,26-27,31H,2,10,15,18-19H2,1H3. The number of aryl methyl sites for hydroxylation is 1. The number of anilines is 1. The lowest BCUT2D eigenvalue weighted by molar-refractivity contribution is -0.00869. The Labute approximate surface area is 236 Å². The van der Waals surface area contributed by atoms with E-state index in [2.05, 4.69) is 57.3 Å². The van der Waals surface area contributed by atoms with E-state index < -0.39 is 6.55 Å². The number of hydrogen-bond donors (Lipinski definition) is 0. The number of pyridine rings is 2. The molecule has 1 aromatic carbocycles. The van der Waals surface area contributed by atoms with E-state index in [-0.39, 0.29) is 0 Å². The van der Waals surface area contributed by atoms with Gasteiger partial charge in [-0.1, -0.05) is 31.2 Å². The average Bonchev–Trinajstić information content (AvgIpc) is 3.68. The van der Waals surface area contributed by atoms with Crippen molar-refractivity contribution in [3.63, 3.8) is 0 Å². The summed E-state index contributed by atoms with van der Waals surface area (Å²) in [5, 5.41) is 17.8. The number of nitrogens with zero attached hydrogens (tertiary/aromatic N) is 8. The molecular weight excluding hydrogens is 522 g/mol. The molecule has 4 aromatic heterocycles. The van der Waals surface area contributed by atoms with Crippen molar-refractivity contribution in [1.29, 1.82) is 5.26 Å². The van der Waals surface area contributed by atoms with E-state index in [0.29, 0.717) is 39.0 Å². The summed E-state index contributed by atoms with van der Waals surface area (Å²) in [5.41, 5.74) is 6.60. The minimum Gasteiger partial charge on any atom is -0.353 e. The van der Waals surface area contributed by atoms with E-state index in [1.54, 1.807) is 10.7 Å². The summed E-state index contributed by atoms with van der Waals surface area (Å²) >= 11 is 0. The third-order valence-electron chi connectivity index (χ3n) is 8.36. The van der Waals surface area contributed by atoms with Crippen LogP contribution in [-0.4, -0.2) is 54.5 Å². The number of aromatic nitrogens is 5. The molecule has 206 valence electrons. The highest BCUT2D eigenvalue weighted by atomic mass is 19.3. The lowest BCUT2D eigenvalue weighted by atomic mass is 9.86. The molecule has 0 radical (unpaired) electrons. The Morgan fingerprint density at radius 2 is 1.78 bits per heavy atom. The Kier molecular flexibility index (Phi) is 6.24. The second kappa shape index (κ2) is 10.1. The fourth-order valence-corrected chi connectivity index (χ4v) is 6.20. The van der Waals surface area contributed by atoms with Crippen molar-refractivity contribution in [2.75, 3.05) is 18.0 Å². The number of piperidine rings is 1. The van der Waals surface area contributed by atoms with Crippen molar-refractivity contribution in [2.45, 2.75) is 44.9 Å². The fraction of sp³-hybridized carbons (Fsp3) is 0.290. The zero-order chi connectivity index (χ0) is 28.1. The van der Waals surface area contributed by atoms with Gasteiger partial charge in [0.15, 0.2) is 0 Å². The number of alkyl halides is 2. The third kappa shape index (κ3) is 4.52. The molecule has 0 amide bonds. The Balaban J connectivity index is 1.13. The van der Waals surface area contributed by atoms with Gasteiger partial charge >= 0.3 is 6.55 Å². The minimum atomic E-state index is -2.72. The number of hydrogen-bond acceptors (Lipinski definition) is 6. The lowest BCUT2D eigenvalue weighted by Crippen LogP contribution is -2.68. The maximum absolute atomic E-state index is 13.1. The maximum Gasteiger partial charge on any atom is 0.333 e. The molecule has 2 atom stereocenters. The van der Waals surface area contributed by atoms with Crippen molar-refractivity contribution >= 4 is 11.3 Å². The van der Waals surface area contributed by atoms with E-state index >= 15 is 0 Å². The predicted octanol–water partition coefficient (Wildman–Crippen LogP) is 5.55. The van der Waals surface area contributed by atoms with Crippen LogP contribution in [-0.2, 0) is 13.0 Å². The van der Waals surface area contributed by atoms with Gasteiger partial charge in [-0.05, 0) is 42.2 Å². The van der Waals surface area contributed by atoms with Gasteiger partial charge in [-0.3, -0.25) is 4.90 Å². The van der Waals surface area contributed by atoms with Gasteiger partial charge in [-0.15, -0.1) is 0 Å². The molecule has 5 aromatic rings. The SMILES string of the molecule is CCc1cccc(CN2C3CC2CN(c2ccc(-c4cc(-c5cnn(C(F)F)c5)cn5ncc(C#N)c45)cn2)C3)c1. The number of fused-ring (bicyclic) bond motifs is 3. The van der Waals surface area contributed by atoms with Gasteiger partial charge in [0.1, 0.15) is 11.9 Å². The van der Waals surface area contributed by atoms with E-state index in [1.165, 1.54) is 36.1 Å². The second-order valence-corrected chi connectivity index (χ2v) is 10.8. The van der Waals surface area contributed by atoms with Crippen molar-refractivity contribution < 1.29 is 8.78 Å². The van der Waals surface area contributed by atoms with Crippen LogP contribution in [0.2, 0.25) is 0 Å². The third-order valence-corrected chi connectivity index (χ3v) is 8.36. The topological polar surface area (TPSA) is 78.3 Å². The van der Waals surface area contributed by atoms with Crippen LogP contribution in [0.15, 0.2) is 73.4 Å². The monoisotopic (exact) mass is 550 g/mol. The zero-order valence-corrected chi connectivity index (χ0v) is 22.5. The number of benzene rings is 1. The molecule has 0 N–H and O–H groups in total. The van der Waals surface area contributed by atoms with E-state index in [4.69, 9.17) is 4.98 Å². The summed E-state index contributed by atoms with van der Waals surface area (Å²) in [6, 6.07) is 18.0. The molecule has 3 aliphatic heterocycles. The summed E-state index contributed by atoms with van der Waals surface area (Å²) < 4.78 is 28.5. The molecule has 8 nitrogen and oxygen atoms in total. The molecule has 3 fully saturated rings. The van der Waals surface area contributed by atoms with Crippen LogP contribution in [0.5, 0.6) is 0 Å². The highest BCUT2D eigenvalue weighted by Crippen LogP contribution is 2.37. The second-order valence-electron chi connectivity index (χ2n) is 10.8. The van der Waals surface area contributed by atoms with Gasteiger partial charge in [0.25, 0.3) is 0 Å². The first-order chi connectivity index (χ1) is 20.0. The molecule has 8 rings (SSSR count). The van der Waals surface area contributed by atoms with Crippen molar-refractivity contribution in [3.8, 4) is 28.3 Å². The average molecular weight is 551 g/mol. The van der Waals surface area contributed by atoms with Crippen molar-refractivity contribution in [3.05, 3.63) is 90.1 Å². The molecule has 41 heavy (non-hydrogen) atoms. The van der Waals surface area contributed by atoms with Gasteiger partial charge in [-0.2, -0.15) is 24.2 Å². The molecule has 0 spiro atoms. The van der Waals surface area contributed by atoms with Gasteiger partial charge in [0.05, 0.1) is 23.5 Å². The van der Waals surface area contributed by atoms with Crippen LogP contribution >= 0.6 is 0 Å². The fourth-order valence-electron chi connectivity index (χ4n) is 6.20. The lowest BCUT2D eigenvalue weighted by Gasteiger charge is -2.56. The quantitative estimate of drug-likeness (QED) is 0.264. The Morgan fingerprint density at radius 1 is 0.951 bits per heavy atom. The highest BCUT2D eigenvalue weighted by Gasteiger charge is 2.44. The molecule has 7 heterocycles. The summed E-state index contributed by atoms with van der Waals surface area (Å²) in [6.45, 7) is 2.32. The van der Waals surface area contributed by atoms with Crippen LogP contribution in [0.3, 0.4) is 0 Å². The molecule has 10 heteroatoms. The van der Waals surface area contributed by atoms with Crippen LogP contribution in [0.25, 0.3) is 27.8 Å². The Morgan fingerprint density at radius 3 is 2.49 bits per heavy atom. The number of rotatable bonds is 7. The molecule has 2 bridgehead atoms. The van der Waals surface area contributed by atoms with Crippen LogP contribution in [0.1, 0.15) is 36.6 Å². The number of nitriles is 1. The highest BCUT2D eigenvalue weighted by molar-refractivity contribution is 5.87. The molecule has 0 saturated carbocycles. The Bertz CT molecular complexity index is 1760. The number of halogens is 2. The van der Waals surface area contributed by atoms with E-state index in [1.807, 2.05) is 24.4 Å². The molecule has 2 unspecified atom stereocenters. The zero-order valence-electron chi connectivity index (χ0n) is 22.5. The largest absolute Gasteiger partial charge is 0.353 e. The first kappa shape index (κ1) is 25.4. The molecular formula is C31H28F2N8. The molecule has 0 aliphatic carbocycles. The normalized spacial score (nSPS) is 18.6. The summed E-state index contributed by atoms with van der Waals surface area (Å²) in [4.78, 5) is 9.79. The predicted molar refractivity (Wildman–Crippen MR) is 151 cm³/mol. The van der Waals surface area contributed by atoms with Gasteiger partial charge in [0.2, 0.25) is 0 Å². The smallest absolute Gasteiger partial charge is 0.333 e. The van der Waals surface area contributed by atoms with Crippen molar-refractivity contribution in [1.82, 2.24) is 29.3 Å². The van der Waals surface area contributed by atoms with Crippen LogP contribution in [0.4, 0.5) is 14.6 Å². The summed E-state index contributed by atoms with van der Waals surface area (Å²) in [7, 11) is 0. The van der Waals surface area contributed by atoms with Crippen LogP contribution in [0, 0.1) is 11.3 Å². The first-order valence-electron chi connectivity index (χ1n) is 13.8. The van der Waals surface area contributed by atoms with E-state index in [0.717, 1.165) is 43.0 Å².